The van der Waals surface area contributed by atoms with Crippen LogP contribution in [0.5, 0.6) is 5.75 Å². The molecule has 2 aromatic carbocycles. The first-order valence-corrected chi connectivity index (χ1v) is 7.66. The molecule has 1 N–H and O–H groups in total. The summed E-state index contributed by atoms with van der Waals surface area (Å²) in [7, 11) is 0. The highest BCUT2D eigenvalue weighted by molar-refractivity contribution is 9.10. The van der Waals surface area contributed by atoms with Gasteiger partial charge in [0, 0.05) is 21.8 Å². The Morgan fingerprint density at radius 3 is 2.54 bits per heavy atom. The number of aldehydes is 1. The van der Waals surface area contributed by atoms with E-state index in [1.165, 1.54) is 19.1 Å². The minimum absolute atomic E-state index is 0.0796. The summed E-state index contributed by atoms with van der Waals surface area (Å²) in [5.41, 5.74) is 0.355. The van der Waals surface area contributed by atoms with Crippen LogP contribution in [0.3, 0.4) is 0 Å². The van der Waals surface area contributed by atoms with Gasteiger partial charge in [-0.25, -0.2) is 0 Å². The van der Waals surface area contributed by atoms with Crippen molar-refractivity contribution in [3.63, 3.8) is 0 Å². The number of nitrogens with one attached hydrogen (secondary N) is 1. The van der Waals surface area contributed by atoms with Crippen LogP contribution in [0.4, 0.5) is 11.4 Å². The number of ether oxygens (including phenoxy) is 1. The molecule has 0 aliphatic rings. The number of carbonyl (C=O) groups excluding carboxylic acids is 2. The lowest BCUT2D eigenvalue weighted by molar-refractivity contribution is -0.386. The van der Waals surface area contributed by atoms with Crippen LogP contribution in [0.2, 0.25) is 0 Å². The lowest BCUT2D eigenvalue weighted by Crippen LogP contribution is -2.30. The molecule has 2 aromatic rings. The Morgan fingerprint density at radius 2 is 1.96 bits per heavy atom. The van der Waals surface area contributed by atoms with Crippen LogP contribution in [0.25, 0.3) is 0 Å². The van der Waals surface area contributed by atoms with Crippen molar-refractivity contribution in [1.82, 2.24) is 0 Å². The molecule has 0 fully saturated rings. The molecule has 0 aliphatic carbocycles. The van der Waals surface area contributed by atoms with Gasteiger partial charge in [-0.15, -0.1) is 0 Å². The van der Waals surface area contributed by atoms with Gasteiger partial charge in [0.2, 0.25) is 0 Å². The van der Waals surface area contributed by atoms with Gasteiger partial charge in [-0.1, -0.05) is 15.9 Å². The van der Waals surface area contributed by atoms with E-state index in [9.17, 15) is 19.7 Å². The van der Waals surface area contributed by atoms with Crippen LogP contribution in [-0.2, 0) is 4.79 Å². The Bertz CT molecular complexity index is 777. The Balaban J connectivity index is 2.12. The zero-order valence-corrected chi connectivity index (χ0v) is 14.1. The molecular formula is C16H13BrN2O5. The summed E-state index contributed by atoms with van der Waals surface area (Å²) in [5, 5.41) is 13.7. The quantitative estimate of drug-likeness (QED) is 0.460. The van der Waals surface area contributed by atoms with Crippen LogP contribution in [0.1, 0.15) is 17.3 Å². The molecule has 0 radical (unpaired) electrons. The largest absolute Gasteiger partial charge is 0.474 e. The summed E-state index contributed by atoms with van der Waals surface area (Å²) in [6.45, 7) is 1.48. The molecular weight excluding hydrogens is 380 g/mol. The predicted octanol–water partition coefficient (Wildman–Crippen LogP) is 3.58. The zero-order chi connectivity index (χ0) is 17.7. The average Bonchev–Trinajstić information content (AvgIpc) is 2.57. The SMILES string of the molecule is C[C@@H](Oc1ccc(C=O)cc1[N+](=O)[O-])C(=O)Nc1ccc(Br)cc1. The van der Waals surface area contributed by atoms with Crippen LogP contribution in [-0.4, -0.2) is 23.2 Å². The van der Waals surface area contributed by atoms with E-state index in [2.05, 4.69) is 21.2 Å². The second-order valence-corrected chi connectivity index (χ2v) is 5.77. The van der Waals surface area contributed by atoms with Gasteiger partial charge < -0.3 is 10.1 Å². The third-order valence-electron chi connectivity index (χ3n) is 3.10. The molecule has 0 spiro atoms. The molecule has 0 aromatic heterocycles. The van der Waals surface area contributed by atoms with Gasteiger partial charge in [-0.3, -0.25) is 19.7 Å². The zero-order valence-electron chi connectivity index (χ0n) is 12.6. The minimum Gasteiger partial charge on any atom is -0.474 e. The van der Waals surface area contributed by atoms with E-state index < -0.39 is 16.9 Å². The number of nitro benzene ring substituents is 1. The van der Waals surface area contributed by atoms with E-state index in [-0.39, 0.29) is 17.0 Å². The van der Waals surface area contributed by atoms with E-state index in [0.717, 1.165) is 10.5 Å². The summed E-state index contributed by atoms with van der Waals surface area (Å²) >= 11 is 3.29. The van der Waals surface area contributed by atoms with Gasteiger partial charge in [0.25, 0.3) is 5.91 Å². The second-order valence-electron chi connectivity index (χ2n) is 4.86. The highest BCUT2D eigenvalue weighted by Crippen LogP contribution is 2.28. The molecule has 0 aliphatic heterocycles. The number of nitrogens with zero attached hydrogens (tertiary/aromatic N) is 1. The molecule has 0 heterocycles. The van der Waals surface area contributed by atoms with Crippen LogP contribution < -0.4 is 10.1 Å². The first-order chi connectivity index (χ1) is 11.4. The topological polar surface area (TPSA) is 98.5 Å². The lowest BCUT2D eigenvalue weighted by Gasteiger charge is -2.15. The van der Waals surface area contributed by atoms with Crippen molar-refractivity contribution in [2.24, 2.45) is 0 Å². The molecule has 2 rings (SSSR count). The molecule has 0 bridgehead atoms. The molecule has 24 heavy (non-hydrogen) atoms. The van der Waals surface area contributed by atoms with Gasteiger partial charge in [0.15, 0.2) is 11.9 Å². The maximum Gasteiger partial charge on any atom is 0.311 e. The van der Waals surface area contributed by atoms with E-state index >= 15 is 0 Å². The normalized spacial score (nSPS) is 11.4. The molecule has 1 atom stereocenters. The van der Waals surface area contributed by atoms with Crippen molar-refractivity contribution in [1.29, 1.82) is 0 Å². The Kier molecular flexibility index (Phi) is 5.64. The summed E-state index contributed by atoms with van der Waals surface area (Å²) < 4.78 is 6.26. The summed E-state index contributed by atoms with van der Waals surface area (Å²) in [6.07, 6.45) is -0.463. The highest BCUT2D eigenvalue weighted by Gasteiger charge is 2.21. The number of anilines is 1. The number of carbonyl (C=O) groups is 2. The Hall–Kier alpha value is -2.74. The molecule has 7 nitrogen and oxygen atoms in total. The lowest BCUT2D eigenvalue weighted by atomic mass is 10.2. The minimum atomic E-state index is -0.963. The number of nitro groups is 1. The summed E-state index contributed by atoms with van der Waals surface area (Å²) in [4.78, 5) is 33.3. The van der Waals surface area contributed by atoms with Gasteiger partial charge in [-0.2, -0.15) is 0 Å². The van der Waals surface area contributed by atoms with Crippen molar-refractivity contribution < 1.29 is 19.2 Å². The Labute approximate surface area is 145 Å². The van der Waals surface area contributed by atoms with Gasteiger partial charge in [-0.05, 0) is 43.3 Å². The van der Waals surface area contributed by atoms with Gasteiger partial charge in [0.05, 0.1) is 4.92 Å². The maximum atomic E-state index is 12.1. The fourth-order valence-corrected chi connectivity index (χ4v) is 2.14. The first kappa shape index (κ1) is 17.6. The number of rotatable bonds is 6. The molecule has 0 saturated carbocycles. The molecule has 8 heteroatoms. The monoisotopic (exact) mass is 392 g/mol. The number of amides is 1. The molecule has 0 unspecified atom stereocenters. The third-order valence-corrected chi connectivity index (χ3v) is 3.63. The summed E-state index contributed by atoms with van der Waals surface area (Å²) in [5.74, 6) is -0.532. The van der Waals surface area contributed by atoms with Crippen molar-refractivity contribution >= 4 is 39.5 Å². The van der Waals surface area contributed by atoms with Crippen molar-refractivity contribution in [2.45, 2.75) is 13.0 Å². The van der Waals surface area contributed by atoms with E-state index in [4.69, 9.17) is 4.74 Å². The number of hydrogen-bond acceptors (Lipinski definition) is 5. The van der Waals surface area contributed by atoms with Crippen molar-refractivity contribution in [3.05, 3.63) is 62.6 Å². The fraction of sp³-hybridized carbons (Fsp3) is 0.125. The number of halogens is 1. The molecule has 0 saturated heterocycles. The molecule has 124 valence electrons. The first-order valence-electron chi connectivity index (χ1n) is 6.87. The van der Waals surface area contributed by atoms with Gasteiger partial charge >= 0.3 is 5.69 Å². The van der Waals surface area contributed by atoms with E-state index in [1.54, 1.807) is 24.3 Å². The van der Waals surface area contributed by atoms with Crippen LogP contribution >= 0.6 is 15.9 Å². The maximum absolute atomic E-state index is 12.1. The third kappa shape index (κ3) is 4.39. The van der Waals surface area contributed by atoms with Gasteiger partial charge in [0.1, 0.15) is 6.29 Å². The van der Waals surface area contributed by atoms with Crippen LogP contribution in [0, 0.1) is 10.1 Å². The average molecular weight is 393 g/mol. The van der Waals surface area contributed by atoms with Crippen molar-refractivity contribution in [3.8, 4) is 5.75 Å². The van der Waals surface area contributed by atoms with E-state index in [1.807, 2.05) is 0 Å². The van der Waals surface area contributed by atoms with Crippen molar-refractivity contribution in [2.75, 3.05) is 5.32 Å². The highest BCUT2D eigenvalue weighted by atomic mass is 79.9. The number of benzene rings is 2. The smallest absolute Gasteiger partial charge is 0.311 e. The Morgan fingerprint density at radius 1 is 1.29 bits per heavy atom. The molecule has 1 amide bonds. The second kappa shape index (κ2) is 7.69. The van der Waals surface area contributed by atoms with Crippen LogP contribution in [0.15, 0.2) is 46.9 Å². The number of hydrogen-bond donors (Lipinski definition) is 1. The fourth-order valence-electron chi connectivity index (χ4n) is 1.87. The predicted molar refractivity (Wildman–Crippen MR) is 91.3 cm³/mol. The van der Waals surface area contributed by atoms with E-state index in [0.29, 0.717) is 12.0 Å². The standard InChI is InChI=1S/C16H13BrN2O5/c1-10(16(21)18-13-5-3-12(17)4-6-13)24-15-7-2-11(9-20)8-14(15)19(22)23/h2-10H,1H3,(H,18,21)/t10-/m1/s1. The summed E-state index contributed by atoms with van der Waals surface area (Å²) in [6, 6.07) is 10.7.